The molecule has 3 N–H and O–H groups in total. The third-order valence-electron chi connectivity index (χ3n) is 5.94. The van der Waals surface area contributed by atoms with Crippen molar-refractivity contribution in [3.8, 4) is 5.88 Å². The molecule has 0 bridgehead atoms. The normalized spacial score (nSPS) is 13.5. The minimum absolute atomic E-state index is 0.152. The molecule has 2 aromatic heterocycles. The Bertz CT molecular complexity index is 1530. The van der Waals surface area contributed by atoms with Crippen LogP contribution in [0.3, 0.4) is 0 Å². The number of fused-ring (bicyclic) bond motifs is 2. The number of azo groups is 1. The molecular weight excluding hydrogens is 436 g/mol. The monoisotopic (exact) mass is 464 g/mol. The second kappa shape index (κ2) is 9.95. The molecule has 3 heterocycles. The molecule has 0 fully saturated rings. The molecule has 7 heteroatoms. The average molecular weight is 465 g/mol. The maximum Gasteiger partial charge on any atom is 0.196 e. The topological polar surface area (TPSA) is 88.9 Å². The molecule has 0 amide bonds. The van der Waals surface area contributed by atoms with E-state index in [0.717, 1.165) is 69.0 Å². The third kappa shape index (κ3) is 5.15. The van der Waals surface area contributed by atoms with Gasteiger partial charge in [0, 0.05) is 46.3 Å². The summed E-state index contributed by atoms with van der Waals surface area (Å²) in [5, 5.41) is 25.7. The molecule has 7 nitrogen and oxygen atoms in total. The van der Waals surface area contributed by atoms with E-state index < -0.39 is 0 Å². The first-order valence-electron chi connectivity index (χ1n) is 11.7. The first-order chi connectivity index (χ1) is 17.1. The number of nitrogens with one attached hydrogen (secondary N) is 2. The van der Waals surface area contributed by atoms with Crippen LogP contribution in [0.2, 0.25) is 0 Å². The van der Waals surface area contributed by atoms with Gasteiger partial charge in [-0.05, 0) is 92.5 Å². The lowest BCUT2D eigenvalue weighted by Crippen LogP contribution is -2.16. The van der Waals surface area contributed by atoms with E-state index in [1.165, 1.54) is 0 Å². The van der Waals surface area contributed by atoms with Crippen LogP contribution in [0.4, 0.5) is 11.4 Å². The van der Waals surface area contributed by atoms with Crippen molar-refractivity contribution in [1.29, 1.82) is 0 Å². The zero-order valence-corrected chi connectivity index (χ0v) is 19.9. The average Bonchev–Trinajstić information content (AvgIpc) is 3.41. The van der Waals surface area contributed by atoms with Crippen LogP contribution < -0.4 is 15.8 Å². The molecule has 1 aliphatic heterocycles. The van der Waals surface area contributed by atoms with Crippen LogP contribution in [0, 0.1) is 0 Å². The van der Waals surface area contributed by atoms with Crippen molar-refractivity contribution >= 4 is 40.1 Å². The third-order valence-corrected chi connectivity index (χ3v) is 5.94. The van der Waals surface area contributed by atoms with Gasteiger partial charge in [-0.25, -0.2) is 0 Å². The highest BCUT2D eigenvalue weighted by molar-refractivity contribution is 5.94. The molecule has 5 rings (SSSR count). The molecule has 0 spiro atoms. The summed E-state index contributed by atoms with van der Waals surface area (Å²) in [6.07, 6.45) is 10.5. The number of aromatic nitrogens is 2. The van der Waals surface area contributed by atoms with Gasteiger partial charge in [0.15, 0.2) is 5.88 Å². The van der Waals surface area contributed by atoms with Gasteiger partial charge in [0.25, 0.3) is 0 Å². The van der Waals surface area contributed by atoms with Crippen molar-refractivity contribution in [1.82, 2.24) is 14.9 Å². The summed E-state index contributed by atoms with van der Waals surface area (Å²) in [5.41, 5.74) is 5.38. The Kier molecular flexibility index (Phi) is 6.41. The fraction of sp³-hybridized carbons (Fsp3) is 0.179. The van der Waals surface area contributed by atoms with E-state index in [-0.39, 0.29) is 5.88 Å². The number of hydrogen-bond acceptors (Lipinski definition) is 6. The first kappa shape index (κ1) is 22.6. The number of aromatic hydroxyl groups is 1. The van der Waals surface area contributed by atoms with Crippen molar-refractivity contribution in [2.24, 2.45) is 10.2 Å². The van der Waals surface area contributed by atoms with Crippen molar-refractivity contribution in [2.45, 2.75) is 6.42 Å². The van der Waals surface area contributed by atoms with E-state index in [9.17, 15) is 5.11 Å². The predicted octanol–water partition coefficient (Wildman–Crippen LogP) is 4.38. The summed E-state index contributed by atoms with van der Waals surface area (Å²) in [4.78, 5) is 9.30. The van der Waals surface area contributed by atoms with Crippen LogP contribution >= 0.6 is 0 Å². The molecule has 0 unspecified atom stereocenters. The maximum absolute atomic E-state index is 10.6. The summed E-state index contributed by atoms with van der Waals surface area (Å²) in [7, 11) is 4.16. The Labute approximate surface area is 203 Å². The van der Waals surface area contributed by atoms with Crippen molar-refractivity contribution in [3.63, 3.8) is 0 Å². The fourth-order valence-corrected chi connectivity index (χ4v) is 4.12. The Morgan fingerprint density at radius 1 is 1.00 bits per heavy atom. The molecule has 0 aliphatic carbocycles. The van der Waals surface area contributed by atoms with Crippen LogP contribution in [0.15, 0.2) is 77.2 Å². The SMILES string of the molecule is CN(C)CCCNc1ccc2[nH]c(O)c(/C=c3/ccc4c(c3)N=NC=4/C=C/c3ccncc3)c2c1. The Hall–Kier alpha value is -4.23. The minimum atomic E-state index is 0.152. The molecule has 2 aromatic carbocycles. The van der Waals surface area contributed by atoms with Crippen molar-refractivity contribution < 1.29 is 5.11 Å². The lowest BCUT2D eigenvalue weighted by molar-refractivity contribution is 0.405. The van der Waals surface area contributed by atoms with Crippen LogP contribution in [0.5, 0.6) is 5.88 Å². The number of H-pyrrole nitrogens is 1. The number of hydrogen-bond donors (Lipinski definition) is 3. The van der Waals surface area contributed by atoms with Crippen molar-refractivity contribution in [2.75, 3.05) is 32.5 Å². The molecule has 1 aliphatic rings. The van der Waals surface area contributed by atoms with Gasteiger partial charge in [0.1, 0.15) is 0 Å². The van der Waals surface area contributed by atoms with Gasteiger partial charge in [-0.15, -0.1) is 10.2 Å². The van der Waals surface area contributed by atoms with Gasteiger partial charge in [0.2, 0.25) is 0 Å². The van der Waals surface area contributed by atoms with E-state index in [2.05, 4.69) is 50.6 Å². The largest absolute Gasteiger partial charge is 0.494 e. The second-order valence-corrected chi connectivity index (χ2v) is 8.85. The lowest BCUT2D eigenvalue weighted by Gasteiger charge is -2.10. The van der Waals surface area contributed by atoms with E-state index in [1.54, 1.807) is 12.4 Å². The van der Waals surface area contributed by atoms with Crippen LogP contribution in [-0.2, 0) is 0 Å². The number of benzene rings is 2. The quantitative estimate of drug-likeness (QED) is 0.338. The number of anilines is 1. The zero-order chi connectivity index (χ0) is 24.2. The molecule has 176 valence electrons. The van der Waals surface area contributed by atoms with E-state index in [0.29, 0.717) is 0 Å². The van der Waals surface area contributed by atoms with Gasteiger partial charge in [-0.3, -0.25) is 4.98 Å². The van der Waals surface area contributed by atoms with Crippen LogP contribution in [0.25, 0.3) is 28.8 Å². The van der Waals surface area contributed by atoms with E-state index in [4.69, 9.17) is 0 Å². The smallest absolute Gasteiger partial charge is 0.196 e. The highest BCUT2D eigenvalue weighted by Crippen LogP contribution is 2.30. The van der Waals surface area contributed by atoms with Crippen LogP contribution in [-0.4, -0.2) is 47.2 Å². The highest BCUT2D eigenvalue weighted by atomic mass is 16.3. The van der Waals surface area contributed by atoms with Crippen LogP contribution in [0.1, 0.15) is 17.5 Å². The van der Waals surface area contributed by atoms with Gasteiger partial charge in [0.05, 0.1) is 11.4 Å². The molecular formula is C28H28N6O. The van der Waals surface area contributed by atoms with Gasteiger partial charge in [-0.1, -0.05) is 12.1 Å². The lowest BCUT2D eigenvalue weighted by atomic mass is 10.1. The van der Waals surface area contributed by atoms with E-state index in [1.807, 2.05) is 60.7 Å². The van der Waals surface area contributed by atoms with Gasteiger partial charge in [-0.2, -0.15) is 0 Å². The number of rotatable bonds is 8. The molecule has 0 saturated heterocycles. The molecule has 35 heavy (non-hydrogen) atoms. The Morgan fingerprint density at radius 2 is 1.86 bits per heavy atom. The molecule has 0 radical (unpaired) electrons. The summed E-state index contributed by atoms with van der Waals surface area (Å²) >= 11 is 0. The molecule has 0 saturated carbocycles. The summed E-state index contributed by atoms with van der Waals surface area (Å²) in [5.74, 6) is 0.152. The predicted molar refractivity (Wildman–Crippen MR) is 142 cm³/mol. The van der Waals surface area contributed by atoms with E-state index >= 15 is 0 Å². The van der Waals surface area contributed by atoms with Gasteiger partial charge < -0.3 is 20.3 Å². The highest BCUT2D eigenvalue weighted by Gasteiger charge is 2.11. The second-order valence-electron chi connectivity index (χ2n) is 8.85. The minimum Gasteiger partial charge on any atom is -0.494 e. The fourth-order valence-electron chi connectivity index (χ4n) is 4.12. The Morgan fingerprint density at radius 3 is 2.69 bits per heavy atom. The maximum atomic E-state index is 10.6. The first-order valence-corrected chi connectivity index (χ1v) is 11.7. The van der Waals surface area contributed by atoms with Crippen molar-refractivity contribution in [3.05, 3.63) is 88.6 Å². The summed E-state index contributed by atoms with van der Waals surface area (Å²) < 4.78 is 0. The number of pyridine rings is 1. The summed E-state index contributed by atoms with van der Waals surface area (Å²) in [6.45, 7) is 1.93. The zero-order valence-electron chi connectivity index (χ0n) is 19.9. The van der Waals surface area contributed by atoms with Gasteiger partial charge >= 0.3 is 0 Å². The Balaban J connectivity index is 1.43. The number of nitrogens with zero attached hydrogens (tertiary/aromatic N) is 4. The summed E-state index contributed by atoms with van der Waals surface area (Å²) in [6, 6.07) is 16.0. The molecule has 4 aromatic rings. The number of aromatic amines is 1. The standard InChI is InChI=1S/C28H28N6O/c1-34(2)15-3-12-30-21-6-9-25-23(18-21)24(28(35)31-25)16-20-4-7-22-26(32-33-27(22)17-20)8-5-19-10-13-29-14-11-19/h4-11,13-14,16-18,30-31,35H,3,12,15H2,1-2H3/b8-5+,20-16-. The molecule has 0 atom stereocenters.